The van der Waals surface area contributed by atoms with E-state index in [1.54, 1.807) is 19.4 Å². The third-order valence-electron chi connectivity index (χ3n) is 5.24. The number of ether oxygens (including phenoxy) is 1. The zero-order chi connectivity index (χ0) is 22.9. The number of nitrogens with one attached hydrogen (secondary N) is 1. The number of hydrogen-bond acceptors (Lipinski definition) is 7. The lowest BCUT2D eigenvalue weighted by Crippen LogP contribution is -2.46. The summed E-state index contributed by atoms with van der Waals surface area (Å²) in [4.78, 5) is 35.0. The third kappa shape index (κ3) is 5.02. The predicted octanol–water partition coefficient (Wildman–Crippen LogP) is 3.81. The summed E-state index contributed by atoms with van der Waals surface area (Å²) in [6, 6.07) is 4.08. The molecule has 1 N–H and O–H groups in total. The predicted molar refractivity (Wildman–Crippen MR) is 128 cm³/mol. The molecule has 170 valence electrons. The van der Waals surface area contributed by atoms with Crippen LogP contribution in [0.5, 0.6) is 0 Å². The number of fused-ring (bicyclic) bond motifs is 1. The maximum Gasteiger partial charge on any atom is 0.416 e. The Balaban J connectivity index is 1.52. The monoisotopic (exact) mass is 501 g/mol. The highest BCUT2D eigenvalue weighted by Gasteiger charge is 2.26. The number of rotatable bonds is 4. The molecule has 1 saturated heterocycles. The lowest BCUT2D eigenvalue weighted by molar-refractivity contribution is 0.0587. The van der Waals surface area contributed by atoms with Crippen LogP contribution in [0.15, 0.2) is 35.2 Å². The molecule has 0 radical (unpaired) electrons. The molecule has 32 heavy (non-hydrogen) atoms. The normalized spacial score (nSPS) is 15.2. The minimum atomic E-state index is -0.584. The van der Waals surface area contributed by atoms with Crippen molar-refractivity contribution in [3.05, 3.63) is 40.8 Å². The molecule has 3 aromatic heterocycles. The highest BCUT2D eigenvalue weighted by Crippen LogP contribution is 2.34. The first-order valence-corrected chi connectivity index (χ1v) is 11.4. The molecule has 0 atom stereocenters. The average molecular weight is 502 g/mol. The number of carbonyl (C=O) groups excluding carboxylic acids is 1. The number of carbonyl (C=O) groups is 1. The van der Waals surface area contributed by atoms with Gasteiger partial charge in [-0.1, -0.05) is 6.07 Å². The highest BCUT2D eigenvalue weighted by molar-refractivity contribution is 9.10. The maximum absolute atomic E-state index is 12.5. The fraction of sp³-hybridized carbons (Fsp3) is 0.455. The Kier molecular flexibility index (Phi) is 6.34. The van der Waals surface area contributed by atoms with Crippen molar-refractivity contribution < 1.29 is 9.53 Å². The lowest BCUT2D eigenvalue weighted by atomic mass is 10.2. The van der Waals surface area contributed by atoms with E-state index in [9.17, 15) is 4.79 Å². The van der Waals surface area contributed by atoms with Crippen LogP contribution in [0.1, 0.15) is 26.3 Å². The fourth-order valence-electron chi connectivity index (χ4n) is 3.67. The number of pyridine rings is 2. The van der Waals surface area contributed by atoms with Crippen LogP contribution in [0.4, 0.5) is 16.4 Å². The molecule has 0 aliphatic carbocycles. The van der Waals surface area contributed by atoms with Gasteiger partial charge in [0.2, 0.25) is 5.95 Å². The van der Waals surface area contributed by atoms with E-state index < -0.39 is 11.7 Å². The number of imidazole rings is 1. The second-order valence-corrected chi connectivity index (χ2v) is 9.73. The second-order valence-electron chi connectivity index (χ2n) is 8.88. The summed E-state index contributed by atoms with van der Waals surface area (Å²) >= 11 is 3.66. The molecule has 0 bridgehead atoms. The van der Waals surface area contributed by atoms with Crippen molar-refractivity contribution in [2.24, 2.45) is 0 Å². The second kappa shape index (κ2) is 9.03. The highest BCUT2D eigenvalue weighted by atomic mass is 79.9. The van der Waals surface area contributed by atoms with Crippen molar-refractivity contribution >= 4 is 44.8 Å². The molecule has 0 saturated carbocycles. The van der Waals surface area contributed by atoms with Gasteiger partial charge in [-0.05, 0) is 48.3 Å². The fourth-order valence-corrected chi connectivity index (χ4v) is 4.22. The lowest BCUT2D eigenvalue weighted by Gasteiger charge is -2.36. The topological polar surface area (TPSA) is 90.5 Å². The Morgan fingerprint density at radius 2 is 2.00 bits per heavy atom. The van der Waals surface area contributed by atoms with E-state index in [1.165, 1.54) is 10.5 Å². The van der Waals surface area contributed by atoms with Gasteiger partial charge in [0, 0.05) is 58.4 Å². The van der Waals surface area contributed by atoms with Gasteiger partial charge in [0.25, 0.3) is 0 Å². The van der Waals surface area contributed by atoms with Gasteiger partial charge in [-0.3, -0.25) is 14.8 Å². The zero-order valence-electron chi connectivity index (χ0n) is 18.8. The van der Waals surface area contributed by atoms with Crippen LogP contribution in [0, 0.1) is 0 Å². The zero-order valence-corrected chi connectivity index (χ0v) is 20.4. The molecular formula is C22H28BrN7O2. The van der Waals surface area contributed by atoms with Crippen LogP contribution < -0.4 is 9.80 Å². The van der Waals surface area contributed by atoms with Crippen molar-refractivity contribution in [1.82, 2.24) is 24.8 Å². The smallest absolute Gasteiger partial charge is 0.416 e. The molecule has 10 heteroatoms. The Morgan fingerprint density at radius 1 is 1.25 bits per heavy atom. The number of amides is 1. The average Bonchev–Trinajstić information content (AvgIpc) is 3.17. The van der Waals surface area contributed by atoms with Crippen molar-refractivity contribution in [3.63, 3.8) is 0 Å². The Hall–Kier alpha value is -2.72. The largest absolute Gasteiger partial charge is 0.443 e. The molecule has 9 nitrogen and oxygen atoms in total. The van der Waals surface area contributed by atoms with E-state index in [4.69, 9.17) is 4.74 Å². The quantitative estimate of drug-likeness (QED) is 0.580. The van der Waals surface area contributed by atoms with Gasteiger partial charge in [-0.15, -0.1) is 0 Å². The van der Waals surface area contributed by atoms with Crippen LogP contribution in [0.3, 0.4) is 0 Å². The molecule has 0 unspecified atom stereocenters. The summed E-state index contributed by atoms with van der Waals surface area (Å²) in [5, 5.41) is 0. The number of aromatic nitrogens is 4. The van der Waals surface area contributed by atoms with E-state index in [1.807, 2.05) is 33.0 Å². The molecule has 3 aromatic rings. The molecule has 1 aliphatic rings. The van der Waals surface area contributed by atoms with Crippen LogP contribution in [-0.4, -0.2) is 69.8 Å². The van der Waals surface area contributed by atoms with E-state index >= 15 is 0 Å². The molecule has 4 rings (SSSR count). The van der Waals surface area contributed by atoms with E-state index in [0.29, 0.717) is 11.6 Å². The van der Waals surface area contributed by atoms with Crippen LogP contribution in [-0.2, 0) is 11.3 Å². The van der Waals surface area contributed by atoms with Crippen LogP contribution in [0.2, 0.25) is 0 Å². The van der Waals surface area contributed by atoms with Gasteiger partial charge >= 0.3 is 6.09 Å². The minimum Gasteiger partial charge on any atom is -0.443 e. The van der Waals surface area contributed by atoms with Gasteiger partial charge in [0.05, 0.1) is 10.2 Å². The number of anilines is 2. The Morgan fingerprint density at radius 3 is 2.66 bits per heavy atom. The summed E-state index contributed by atoms with van der Waals surface area (Å²) < 4.78 is 6.35. The number of nitrogens with zero attached hydrogens (tertiary/aromatic N) is 6. The Labute approximate surface area is 195 Å². The molecule has 0 spiro atoms. The summed E-state index contributed by atoms with van der Waals surface area (Å²) in [6.45, 7) is 10.0. The first-order chi connectivity index (χ1) is 15.2. The maximum atomic E-state index is 12.5. The van der Waals surface area contributed by atoms with Crippen LogP contribution >= 0.6 is 15.9 Å². The van der Waals surface area contributed by atoms with E-state index in [2.05, 4.69) is 51.7 Å². The standard InChI is InChI=1S/C22H28BrN7O2/c1-22(2,3)32-21(31)28(4)20-26-17-18(16(23)13-25-19(17)27-20)30-10-8-29(9-11-30)14-15-6-5-7-24-12-15/h5-7,12-13H,8-11,14H2,1-4H3,(H,25,26,27). The summed E-state index contributed by atoms with van der Waals surface area (Å²) in [5.41, 5.74) is 3.00. The van der Waals surface area contributed by atoms with E-state index in [-0.39, 0.29) is 0 Å². The van der Waals surface area contributed by atoms with Crippen molar-refractivity contribution in [2.75, 3.05) is 43.0 Å². The summed E-state index contributed by atoms with van der Waals surface area (Å²) in [5.74, 6) is 0.399. The van der Waals surface area contributed by atoms with Gasteiger partial charge in [0.15, 0.2) is 5.65 Å². The molecule has 1 amide bonds. The van der Waals surface area contributed by atoms with Crippen molar-refractivity contribution in [3.8, 4) is 0 Å². The first-order valence-electron chi connectivity index (χ1n) is 10.6. The van der Waals surface area contributed by atoms with Gasteiger partial charge < -0.3 is 14.6 Å². The first kappa shape index (κ1) is 22.5. The number of halogens is 1. The van der Waals surface area contributed by atoms with Gasteiger partial charge in [-0.2, -0.15) is 4.98 Å². The van der Waals surface area contributed by atoms with Crippen molar-refractivity contribution in [1.29, 1.82) is 0 Å². The minimum absolute atomic E-state index is 0.399. The molecule has 1 aliphatic heterocycles. The Bertz CT molecular complexity index is 1090. The third-order valence-corrected chi connectivity index (χ3v) is 5.82. The molecular weight excluding hydrogens is 474 g/mol. The molecule has 4 heterocycles. The summed E-state index contributed by atoms with van der Waals surface area (Å²) in [6.07, 6.45) is 5.01. The number of piperazine rings is 1. The van der Waals surface area contributed by atoms with Gasteiger partial charge in [-0.25, -0.2) is 9.78 Å². The van der Waals surface area contributed by atoms with Crippen molar-refractivity contribution in [2.45, 2.75) is 32.9 Å². The molecule has 0 aromatic carbocycles. The summed E-state index contributed by atoms with van der Waals surface area (Å²) in [7, 11) is 1.64. The number of aromatic amines is 1. The van der Waals surface area contributed by atoms with Gasteiger partial charge in [0.1, 0.15) is 11.1 Å². The molecule has 1 fully saturated rings. The van der Waals surface area contributed by atoms with E-state index in [0.717, 1.165) is 48.4 Å². The SMILES string of the molecule is CN(C(=O)OC(C)(C)C)c1nc2ncc(Br)c(N3CCN(Cc4cccnc4)CC3)c2[nH]1. The number of hydrogen-bond donors (Lipinski definition) is 1. The number of H-pyrrole nitrogens is 1. The van der Waals surface area contributed by atoms with Crippen LogP contribution in [0.25, 0.3) is 11.2 Å².